The predicted octanol–water partition coefficient (Wildman–Crippen LogP) is 3.76. The van der Waals surface area contributed by atoms with Crippen LogP contribution < -0.4 is 5.32 Å². The number of hydrogen-bond donors (Lipinski definition) is 2. The number of nitrogens with one attached hydrogen (secondary N) is 2. The Morgan fingerprint density at radius 1 is 1.14 bits per heavy atom. The lowest BCUT2D eigenvalue weighted by Gasteiger charge is -2.35. The van der Waals surface area contributed by atoms with E-state index in [1.54, 1.807) is 0 Å². The average molecular weight is 330 g/mol. The highest BCUT2D eigenvalue weighted by molar-refractivity contribution is 5.85. The van der Waals surface area contributed by atoms with E-state index in [1.165, 1.54) is 29.3 Å². The van der Waals surface area contributed by atoms with E-state index in [0.717, 1.165) is 26.2 Å². The molecule has 1 aromatic carbocycles. The van der Waals surface area contributed by atoms with E-state index in [1.807, 2.05) is 0 Å². The minimum atomic E-state index is 0. The van der Waals surface area contributed by atoms with Crippen molar-refractivity contribution in [3.63, 3.8) is 0 Å². The minimum absolute atomic E-state index is 0. The van der Waals surface area contributed by atoms with Crippen LogP contribution in [0.1, 0.15) is 31.4 Å². The SMILES string of the molecule is CCC[C@@H](c1c[nH]c2ccccc12)N1CCNCC1.Cl.Cl. The average Bonchev–Trinajstić information content (AvgIpc) is 2.89. The number of halogens is 2. The van der Waals surface area contributed by atoms with Gasteiger partial charge in [0.05, 0.1) is 0 Å². The van der Waals surface area contributed by atoms with Crippen LogP contribution in [0.15, 0.2) is 30.5 Å². The van der Waals surface area contributed by atoms with Gasteiger partial charge in [-0.05, 0) is 18.1 Å². The van der Waals surface area contributed by atoms with E-state index >= 15 is 0 Å². The summed E-state index contributed by atoms with van der Waals surface area (Å²) in [5.74, 6) is 0. The zero-order valence-electron chi connectivity index (χ0n) is 12.5. The van der Waals surface area contributed by atoms with Gasteiger partial charge in [0.15, 0.2) is 0 Å². The summed E-state index contributed by atoms with van der Waals surface area (Å²) in [5, 5.41) is 4.83. The molecule has 0 spiro atoms. The number of aromatic amines is 1. The van der Waals surface area contributed by atoms with Crippen LogP contribution in [-0.4, -0.2) is 36.1 Å². The quantitative estimate of drug-likeness (QED) is 0.894. The summed E-state index contributed by atoms with van der Waals surface area (Å²) in [4.78, 5) is 6.06. The van der Waals surface area contributed by atoms with Crippen molar-refractivity contribution in [1.82, 2.24) is 15.2 Å². The van der Waals surface area contributed by atoms with Crippen LogP contribution in [-0.2, 0) is 0 Å². The van der Waals surface area contributed by atoms with Crippen LogP contribution in [0.25, 0.3) is 10.9 Å². The number of nitrogens with zero attached hydrogens (tertiary/aromatic N) is 1. The van der Waals surface area contributed by atoms with Crippen LogP contribution in [0.3, 0.4) is 0 Å². The Balaban J connectivity index is 0.00000110. The highest BCUT2D eigenvalue weighted by Gasteiger charge is 2.23. The first-order chi connectivity index (χ1) is 9.40. The minimum Gasteiger partial charge on any atom is -0.361 e. The Kier molecular flexibility index (Phi) is 7.53. The molecule has 1 atom stereocenters. The highest BCUT2D eigenvalue weighted by atomic mass is 35.5. The maximum Gasteiger partial charge on any atom is 0.0457 e. The van der Waals surface area contributed by atoms with Crippen LogP contribution in [0, 0.1) is 0 Å². The number of hydrogen-bond acceptors (Lipinski definition) is 2. The van der Waals surface area contributed by atoms with Gasteiger partial charge in [0.1, 0.15) is 0 Å². The zero-order valence-corrected chi connectivity index (χ0v) is 14.1. The van der Waals surface area contributed by atoms with E-state index < -0.39 is 0 Å². The van der Waals surface area contributed by atoms with Crippen molar-refractivity contribution in [2.45, 2.75) is 25.8 Å². The van der Waals surface area contributed by atoms with Crippen LogP contribution in [0.2, 0.25) is 0 Å². The fourth-order valence-electron chi connectivity index (χ4n) is 3.17. The summed E-state index contributed by atoms with van der Waals surface area (Å²) in [7, 11) is 0. The number of para-hydroxylation sites is 1. The maximum absolute atomic E-state index is 3.44. The molecular formula is C16H25Cl2N3. The molecule has 0 amide bonds. The Hall–Kier alpha value is -0.740. The summed E-state index contributed by atoms with van der Waals surface area (Å²) in [6.45, 7) is 6.82. The molecule has 118 valence electrons. The molecule has 1 saturated heterocycles. The van der Waals surface area contributed by atoms with Crippen LogP contribution in [0.5, 0.6) is 0 Å². The van der Waals surface area contributed by atoms with Gasteiger partial charge in [-0.3, -0.25) is 4.90 Å². The standard InChI is InChI=1S/C16H23N3.2ClH/c1-2-5-16(19-10-8-17-9-11-19)14-12-18-15-7-4-3-6-13(14)15;;/h3-4,6-7,12,16-18H,2,5,8-11H2,1H3;2*1H/t16-;;/m0../s1. The topological polar surface area (TPSA) is 31.1 Å². The molecule has 3 nitrogen and oxygen atoms in total. The first-order valence-corrected chi connectivity index (χ1v) is 7.41. The molecule has 0 bridgehead atoms. The number of rotatable bonds is 4. The van der Waals surface area contributed by atoms with Gasteiger partial charge in [0.2, 0.25) is 0 Å². The number of piperazine rings is 1. The molecule has 1 aromatic heterocycles. The van der Waals surface area contributed by atoms with Crippen molar-refractivity contribution >= 4 is 35.7 Å². The van der Waals surface area contributed by atoms with Crippen molar-refractivity contribution in [3.8, 4) is 0 Å². The molecule has 3 rings (SSSR count). The Labute approximate surface area is 139 Å². The first-order valence-electron chi connectivity index (χ1n) is 7.41. The predicted molar refractivity (Wildman–Crippen MR) is 94.9 cm³/mol. The molecule has 2 aromatic rings. The molecule has 2 N–H and O–H groups in total. The third-order valence-electron chi connectivity index (χ3n) is 4.13. The third kappa shape index (κ3) is 3.92. The van der Waals surface area contributed by atoms with Crippen molar-refractivity contribution in [2.75, 3.05) is 26.2 Å². The fraction of sp³-hybridized carbons (Fsp3) is 0.500. The normalized spacial score (nSPS) is 17.0. The van der Waals surface area contributed by atoms with Gasteiger partial charge in [0, 0.05) is 49.3 Å². The number of H-pyrrole nitrogens is 1. The van der Waals surface area contributed by atoms with Crippen LogP contribution in [0.4, 0.5) is 0 Å². The van der Waals surface area contributed by atoms with Gasteiger partial charge in [-0.1, -0.05) is 31.5 Å². The number of benzene rings is 1. The summed E-state index contributed by atoms with van der Waals surface area (Å²) >= 11 is 0. The lowest BCUT2D eigenvalue weighted by Crippen LogP contribution is -2.45. The Morgan fingerprint density at radius 2 is 1.86 bits per heavy atom. The molecule has 1 aliphatic heterocycles. The lowest BCUT2D eigenvalue weighted by molar-refractivity contribution is 0.165. The second-order valence-corrected chi connectivity index (χ2v) is 5.38. The molecule has 0 radical (unpaired) electrons. The molecule has 21 heavy (non-hydrogen) atoms. The van der Waals surface area contributed by atoms with Gasteiger partial charge in [-0.15, -0.1) is 24.8 Å². The second-order valence-electron chi connectivity index (χ2n) is 5.38. The molecule has 0 aliphatic carbocycles. The summed E-state index contributed by atoms with van der Waals surface area (Å²) in [5.41, 5.74) is 2.73. The smallest absolute Gasteiger partial charge is 0.0457 e. The summed E-state index contributed by atoms with van der Waals surface area (Å²) in [6.07, 6.45) is 4.68. The van der Waals surface area contributed by atoms with Crippen molar-refractivity contribution in [3.05, 3.63) is 36.0 Å². The molecule has 5 heteroatoms. The monoisotopic (exact) mass is 329 g/mol. The zero-order chi connectivity index (χ0) is 13.1. The lowest BCUT2D eigenvalue weighted by atomic mass is 9.99. The summed E-state index contributed by atoms with van der Waals surface area (Å²) < 4.78 is 0. The molecule has 1 aliphatic rings. The van der Waals surface area contributed by atoms with Crippen molar-refractivity contribution in [1.29, 1.82) is 0 Å². The third-order valence-corrected chi connectivity index (χ3v) is 4.13. The fourth-order valence-corrected chi connectivity index (χ4v) is 3.17. The van der Waals surface area contributed by atoms with Gasteiger partial charge in [0.25, 0.3) is 0 Å². The van der Waals surface area contributed by atoms with E-state index in [2.05, 4.69) is 52.6 Å². The van der Waals surface area contributed by atoms with E-state index in [-0.39, 0.29) is 24.8 Å². The molecule has 1 fully saturated rings. The van der Waals surface area contributed by atoms with E-state index in [4.69, 9.17) is 0 Å². The number of aromatic nitrogens is 1. The number of fused-ring (bicyclic) bond motifs is 1. The second kappa shape index (κ2) is 8.64. The highest BCUT2D eigenvalue weighted by Crippen LogP contribution is 2.31. The molecule has 2 heterocycles. The van der Waals surface area contributed by atoms with Gasteiger partial charge < -0.3 is 10.3 Å². The molecule has 0 unspecified atom stereocenters. The van der Waals surface area contributed by atoms with Gasteiger partial charge >= 0.3 is 0 Å². The largest absolute Gasteiger partial charge is 0.361 e. The van der Waals surface area contributed by atoms with E-state index in [9.17, 15) is 0 Å². The molecular weight excluding hydrogens is 305 g/mol. The van der Waals surface area contributed by atoms with Gasteiger partial charge in [-0.25, -0.2) is 0 Å². The van der Waals surface area contributed by atoms with E-state index in [0.29, 0.717) is 6.04 Å². The van der Waals surface area contributed by atoms with Gasteiger partial charge in [-0.2, -0.15) is 0 Å². The first kappa shape index (κ1) is 18.3. The summed E-state index contributed by atoms with van der Waals surface area (Å²) in [6, 6.07) is 9.21. The Morgan fingerprint density at radius 3 is 2.57 bits per heavy atom. The van der Waals surface area contributed by atoms with Crippen molar-refractivity contribution in [2.24, 2.45) is 0 Å². The van der Waals surface area contributed by atoms with Crippen LogP contribution >= 0.6 is 24.8 Å². The maximum atomic E-state index is 3.44. The van der Waals surface area contributed by atoms with Crippen molar-refractivity contribution < 1.29 is 0 Å². The Bertz CT molecular complexity index is 535. The molecule has 0 saturated carbocycles.